The SMILES string of the molecule is CCCn1cc(Nc2ncc(C(N)=O)c(NCc3ccccc3CC)n2)cn1. The molecule has 0 unspecified atom stereocenters. The van der Waals surface area contributed by atoms with Gasteiger partial charge in [0, 0.05) is 25.5 Å². The van der Waals surface area contributed by atoms with Crippen LogP contribution in [0.4, 0.5) is 17.5 Å². The highest BCUT2D eigenvalue weighted by Crippen LogP contribution is 2.19. The molecule has 8 nitrogen and oxygen atoms in total. The van der Waals surface area contributed by atoms with Crippen molar-refractivity contribution in [1.29, 1.82) is 0 Å². The molecule has 1 amide bonds. The van der Waals surface area contributed by atoms with E-state index < -0.39 is 5.91 Å². The van der Waals surface area contributed by atoms with Gasteiger partial charge in [-0.3, -0.25) is 9.48 Å². The second-order valence-electron chi connectivity index (χ2n) is 6.41. The van der Waals surface area contributed by atoms with Crippen molar-refractivity contribution >= 4 is 23.4 Å². The molecule has 3 rings (SSSR count). The van der Waals surface area contributed by atoms with E-state index in [-0.39, 0.29) is 5.56 Å². The Kier molecular flexibility index (Phi) is 6.21. The fourth-order valence-corrected chi connectivity index (χ4v) is 2.92. The molecular weight excluding hydrogens is 354 g/mol. The van der Waals surface area contributed by atoms with Gasteiger partial charge in [-0.25, -0.2) is 4.98 Å². The number of amides is 1. The van der Waals surface area contributed by atoms with Crippen LogP contribution < -0.4 is 16.4 Å². The zero-order valence-electron chi connectivity index (χ0n) is 16.1. The molecule has 0 fully saturated rings. The van der Waals surface area contributed by atoms with Crippen LogP contribution in [0.1, 0.15) is 41.8 Å². The van der Waals surface area contributed by atoms with E-state index in [1.807, 2.05) is 23.0 Å². The molecule has 1 aromatic carbocycles. The quantitative estimate of drug-likeness (QED) is 0.527. The maximum atomic E-state index is 11.8. The smallest absolute Gasteiger partial charge is 0.254 e. The molecule has 2 aromatic heterocycles. The Labute approximate surface area is 164 Å². The largest absolute Gasteiger partial charge is 0.365 e. The lowest BCUT2D eigenvalue weighted by atomic mass is 10.1. The first-order valence-electron chi connectivity index (χ1n) is 9.37. The number of carbonyl (C=O) groups excluding carboxylic acids is 1. The molecule has 28 heavy (non-hydrogen) atoms. The summed E-state index contributed by atoms with van der Waals surface area (Å²) in [6.45, 7) is 5.58. The van der Waals surface area contributed by atoms with E-state index in [2.05, 4.69) is 51.7 Å². The van der Waals surface area contributed by atoms with E-state index in [0.29, 0.717) is 18.3 Å². The number of hydrogen-bond donors (Lipinski definition) is 3. The molecule has 0 saturated heterocycles. The normalized spacial score (nSPS) is 10.6. The molecular formula is C20H25N7O. The molecule has 0 saturated carbocycles. The number of aromatic nitrogens is 4. The van der Waals surface area contributed by atoms with Gasteiger partial charge in [0.15, 0.2) is 0 Å². The maximum absolute atomic E-state index is 11.8. The van der Waals surface area contributed by atoms with E-state index in [0.717, 1.165) is 30.6 Å². The predicted octanol–water partition coefficient (Wildman–Crippen LogP) is 3.10. The van der Waals surface area contributed by atoms with Gasteiger partial charge >= 0.3 is 0 Å². The van der Waals surface area contributed by atoms with Gasteiger partial charge in [0.25, 0.3) is 5.91 Å². The predicted molar refractivity (Wildman–Crippen MR) is 109 cm³/mol. The molecule has 0 aliphatic heterocycles. The Hall–Kier alpha value is -3.42. The van der Waals surface area contributed by atoms with Crippen LogP contribution in [0.5, 0.6) is 0 Å². The van der Waals surface area contributed by atoms with Crippen LogP contribution in [0.2, 0.25) is 0 Å². The van der Waals surface area contributed by atoms with Gasteiger partial charge in [0.05, 0.1) is 17.4 Å². The van der Waals surface area contributed by atoms with Crippen LogP contribution in [-0.4, -0.2) is 25.7 Å². The second kappa shape index (κ2) is 8.98. The Morgan fingerprint density at radius 3 is 2.68 bits per heavy atom. The van der Waals surface area contributed by atoms with Crippen molar-refractivity contribution in [2.75, 3.05) is 10.6 Å². The Morgan fingerprint density at radius 1 is 1.18 bits per heavy atom. The fourth-order valence-electron chi connectivity index (χ4n) is 2.92. The summed E-state index contributed by atoms with van der Waals surface area (Å²) in [4.78, 5) is 20.4. The number of anilines is 3. The van der Waals surface area contributed by atoms with Gasteiger partial charge in [0.2, 0.25) is 5.95 Å². The topological polar surface area (TPSA) is 111 Å². The molecule has 0 aliphatic rings. The lowest BCUT2D eigenvalue weighted by molar-refractivity contribution is 0.100. The van der Waals surface area contributed by atoms with E-state index in [1.165, 1.54) is 11.8 Å². The van der Waals surface area contributed by atoms with Gasteiger partial charge in [-0.05, 0) is 24.0 Å². The highest BCUT2D eigenvalue weighted by molar-refractivity contribution is 5.97. The van der Waals surface area contributed by atoms with E-state index in [1.54, 1.807) is 6.20 Å². The van der Waals surface area contributed by atoms with Gasteiger partial charge in [-0.1, -0.05) is 38.1 Å². The minimum atomic E-state index is -0.575. The Balaban J connectivity index is 1.80. The lowest BCUT2D eigenvalue weighted by Gasteiger charge is -2.13. The van der Waals surface area contributed by atoms with E-state index in [9.17, 15) is 4.79 Å². The Morgan fingerprint density at radius 2 is 1.96 bits per heavy atom. The first-order valence-corrected chi connectivity index (χ1v) is 9.37. The van der Waals surface area contributed by atoms with Crippen molar-refractivity contribution in [1.82, 2.24) is 19.7 Å². The Bertz CT molecular complexity index is 951. The van der Waals surface area contributed by atoms with Crippen LogP contribution >= 0.6 is 0 Å². The molecule has 0 atom stereocenters. The number of rotatable bonds is 9. The number of carbonyl (C=O) groups is 1. The number of benzene rings is 1. The van der Waals surface area contributed by atoms with Crippen molar-refractivity contribution in [3.8, 4) is 0 Å². The molecule has 8 heteroatoms. The first-order chi connectivity index (χ1) is 13.6. The van der Waals surface area contributed by atoms with Gasteiger partial charge in [-0.15, -0.1) is 0 Å². The van der Waals surface area contributed by atoms with E-state index >= 15 is 0 Å². The second-order valence-corrected chi connectivity index (χ2v) is 6.41. The molecule has 0 radical (unpaired) electrons. The molecule has 3 aromatic rings. The number of primary amides is 1. The summed E-state index contributed by atoms with van der Waals surface area (Å²) >= 11 is 0. The number of nitrogens with one attached hydrogen (secondary N) is 2. The third-order valence-electron chi connectivity index (χ3n) is 4.34. The third kappa shape index (κ3) is 4.64. The number of nitrogens with two attached hydrogens (primary N) is 1. The summed E-state index contributed by atoms with van der Waals surface area (Å²) in [6, 6.07) is 8.15. The van der Waals surface area contributed by atoms with E-state index in [4.69, 9.17) is 5.73 Å². The number of hydrogen-bond acceptors (Lipinski definition) is 6. The van der Waals surface area contributed by atoms with Gasteiger partial charge < -0.3 is 16.4 Å². The standard InChI is InChI=1S/C20H25N7O/c1-3-9-27-13-16(11-24-27)25-20-23-12-17(18(21)28)19(26-20)22-10-15-8-6-5-7-14(15)4-2/h5-8,11-13H,3-4,9-10H2,1-2H3,(H2,21,28)(H2,22,23,25,26). The van der Waals surface area contributed by atoms with Crippen LogP contribution in [0.15, 0.2) is 42.9 Å². The van der Waals surface area contributed by atoms with Crippen molar-refractivity contribution < 1.29 is 4.79 Å². The van der Waals surface area contributed by atoms with Gasteiger partial charge in [-0.2, -0.15) is 10.1 Å². The van der Waals surface area contributed by atoms with Crippen LogP contribution in [-0.2, 0) is 19.5 Å². The average molecular weight is 379 g/mol. The summed E-state index contributed by atoms with van der Waals surface area (Å²) < 4.78 is 1.85. The van der Waals surface area contributed by atoms with Gasteiger partial charge in [0.1, 0.15) is 5.82 Å². The highest BCUT2D eigenvalue weighted by atomic mass is 16.1. The van der Waals surface area contributed by atoms with Crippen molar-refractivity contribution in [2.24, 2.45) is 5.73 Å². The summed E-state index contributed by atoms with van der Waals surface area (Å²) in [5.74, 6) is 0.192. The highest BCUT2D eigenvalue weighted by Gasteiger charge is 2.13. The summed E-state index contributed by atoms with van der Waals surface area (Å²) in [5.41, 5.74) is 8.91. The molecule has 0 bridgehead atoms. The monoisotopic (exact) mass is 379 g/mol. The number of nitrogens with zero attached hydrogens (tertiary/aromatic N) is 4. The summed E-state index contributed by atoms with van der Waals surface area (Å²) in [7, 11) is 0. The third-order valence-corrected chi connectivity index (χ3v) is 4.34. The van der Waals surface area contributed by atoms with Crippen LogP contribution in [0, 0.1) is 0 Å². The van der Waals surface area contributed by atoms with Crippen LogP contribution in [0.25, 0.3) is 0 Å². The fraction of sp³-hybridized carbons (Fsp3) is 0.300. The van der Waals surface area contributed by atoms with Crippen molar-refractivity contribution in [3.05, 3.63) is 59.5 Å². The maximum Gasteiger partial charge on any atom is 0.254 e. The minimum Gasteiger partial charge on any atom is -0.365 e. The molecule has 4 N–H and O–H groups in total. The van der Waals surface area contributed by atoms with Crippen molar-refractivity contribution in [3.63, 3.8) is 0 Å². The average Bonchev–Trinajstić information content (AvgIpc) is 3.13. The lowest BCUT2D eigenvalue weighted by Crippen LogP contribution is -2.17. The molecule has 2 heterocycles. The first kappa shape index (κ1) is 19.3. The minimum absolute atomic E-state index is 0.251. The van der Waals surface area contributed by atoms with Crippen molar-refractivity contribution in [2.45, 2.75) is 39.8 Å². The number of aryl methyl sites for hydroxylation is 2. The molecule has 0 aliphatic carbocycles. The summed E-state index contributed by atoms with van der Waals surface area (Å²) in [5, 5.41) is 10.6. The summed E-state index contributed by atoms with van der Waals surface area (Å²) in [6.07, 6.45) is 6.96. The zero-order chi connectivity index (χ0) is 19.9. The molecule has 146 valence electrons. The zero-order valence-corrected chi connectivity index (χ0v) is 16.1. The van der Waals surface area contributed by atoms with Crippen LogP contribution in [0.3, 0.4) is 0 Å². The molecule has 0 spiro atoms.